The molecular formula is C36H56O12. The summed E-state index contributed by atoms with van der Waals surface area (Å²) < 4.78 is 32.5. The van der Waals surface area contributed by atoms with Crippen LogP contribution in [0.1, 0.15) is 87.5 Å². The molecule has 1 saturated heterocycles. The van der Waals surface area contributed by atoms with Crippen molar-refractivity contribution in [2.24, 2.45) is 17.8 Å². The lowest BCUT2D eigenvalue weighted by Crippen LogP contribution is -2.42. The number of epoxide rings is 1. The number of aliphatic hydroxyl groups is 2. The number of esters is 4. The van der Waals surface area contributed by atoms with E-state index in [4.69, 9.17) is 28.4 Å². The van der Waals surface area contributed by atoms with Crippen molar-refractivity contribution in [1.82, 2.24) is 0 Å². The molecule has 272 valence electrons. The monoisotopic (exact) mass is 680 g/mol. The van der Waals surface area contributed by atoms with Gasteiger partial charge in [-0.05, 0) is 64.0 Å². The van der Waals surface area contributed by atoms with E-state index >= 15 is 0 Å². The number of carbonyl (C=O) groups is 4. The topological polar surface area (TPSA) is 167 Å². The fraction of sp³-hybridized carbons (Fsp3) is 0.722. The highest BCUT2D eigenvalue weighted by atomic mass is 16.6. The number of aliphatic hydroxyl groups excluding tert-OH is 1. The molecule has 12 nitrogen and oxygen atoms in total. The summed E-state index contributed by atoms with van der Waals surface area (Å²) in [7, 11) is 0. The molecule has 0 aromatic carbocycles. The van der Waals surface area contributed by atoms with Gasteiger partial charge in [-0.2, -0.15) is 0 Å². The fourth-order valence-electron chi connectivity index (χ4n) is 5.64. The lowest BCUT2D eigenvalue weighted by atomic mass is 9.88. The largest absolute Gasteiger partial charge is 0.459 e. The van der Waals surface area contributed by atoms with Gasteiger partial charge in [0.1, 0.15) is 30.5 Å². The average molecular weight is 681 g/mol. The number of ether oxygens (including phenoxy) is 6. The van der Waals surface area contributed by atoms with Crippen LogP contribution < -0.4 is 0 Å². The summed E-state index contributed by atoms with van der Waals surface area (Å²) in [5.74, 6) is -2.92. The van der Waals surface area contributed by atoms with E-state index < -0.39 is 54.4 Å². The molecule has 0 amide bonds. The molecule has 2 rings (SSSR count). The summed E-state index contributed by atoms with van der Waals surface area (Å²) in [5, 5.41) is 21.4. The summed E-state index contributed by atoms with van der Waals surface area (Å²) >= 11 is 0. The van der Waals surface area contributed by atoms with Crippen LogP contribution in [-0.4, -0.2) is 96.1 Å². The zero-order chi connectivity index (χ0) is 36.0. The van der Waals surface area contributed by atoms with Crippen LogP contribution in [0.15, 0.2) is 36.0 Å². The molecule has 2 heterocycles. The molecule has 10 atom stereocenters. The van der Waals surface area contributed by atoms with E-state index in [9.17, 15) is 29.4 Å². The van der Waals surface area contributed by atoms with Crippen LogP contribution >= 0.6 is 0 Å². The smallest absolute Gasteiger partial charge is 0.344 e. The molecule has 10 unspecified atom stereocenters. The third kappa shape index (κ3) is 14.2. The molecule has 0 saturated carbocycles. The molecule has 0 radical (unpaired) electrons. The molecule has 2 N–H and O–H groups in total. The minimum absolute atomic E-state index is 0.00903. The summed E-state index contributed by atoms with van der Waals surface area (Å²) in [6.07, 6.45) is 7.41. The zero-order valence-electron chi connectivity index (χ0n) is 29.7. The van der Waals surface area contributed by atoms with Crippen molar-refractivity contribution in [1.29, 1.82) is 0 Å². The first-order chi connectivity index (χ1) is 22.6. The molecular weight excluding hydrogens is 624 g/mol. The third-order valence-corrected chi connectivity index (χ3v) is 8.69. The molecule has 0 aromatic heterocycles. The minimum Gasteiger partial charge on any atom is -0.459 e. The Morgan fingerprint density at radius 3 is 2.46 bits per heavy atom. The van der Waals surface area contributed by atoms with Gasteiger partial charge in [-0.15, -0.1) is 0 Å². The zero-order valence-corrected chi connectivity index (χ0v) is 29.7. The summed E-state index contributed by atoms with van der Waals surface area (Å²) in [6, 6.07) is 0. The van der Waals surface area contributed by atoms with E-state index in [2.05, 4.69) is 6.92 Å². The van der Waals surface area contributed by atoms with Crippen LogP contribution in [0.4, 0.5) is 0 Å². The predicted octanol–water partition coefficient (Wildman–Crippen LogP) is 4.15. The Bertz CT molecular complexity index is 1160. The van der Waals surface area contributed by atoms with Gasteiger partial charge in [-0.3, -0.25) is 9.59 Å². The number of cyclic esters (lactones) is 1. The van der Waals surface area contributed by atoms with Gasteiger partial charge in [0.05, 0.1) is 24.7 Å². The van der Waals surface area contributed by atoms with Crippen LogP contribution in [0.25, 0.3) is 0 Å². The Hall–Kier alpha value is -3.06. The fourth-order valence-corrected chi connectivity index (χ4v) is 5.64. The van der Waals surface area contributed by atoms with Gasteiger partial charge in [0.15, 0.2) is 6.61 Å². The van der Waals surface area contributed by atoms with Crippen LogP contribution in [-0.2, 0) is 47.6 Å². The van der Waals surface area contributed by atoms with Crippen molar-refractivity contribution in [2.75, 3.05) is 19.8 Å². The summed E-state index contributed by atoms with van der Waals surface area (Å²) in [4.78, 5) is 49.4. The van der Waals surface area contributed by atoms with Gasteiger partial charge in [0.2, 0.25) is 0 Å². The van der Waals surface area contributed by atoms with E-state index in [1.54, 1.807) is 19.1 Å². The molecule has 0 aromatic rings. The maximum atomic E-state index is 13.2. The normalized spacial score (nSPS) is 31.0. The first-order valence-electron chi connectivity index (χ1n) is 17.0. The standard InChI is InChI=1S/C36H56O12/c1-9-28(38)25(6)35-29(47-35)18-22(3)12-11-13-23(4)34-24(5)14-15-30(45-26(7)37)36(8,42)17-16-27(19-31(39)48-34)46-33(41)21-44-32(40)20-43-10-2/h11-15,22,24-25,27-30,34-35,38,42H,9-10,16-21H2,1-8H3/b12-11+,15-14+,23-13+. The van der Waals surface area contributed by atoms with E-state index in [1.807, 2.05) is 45.9 Å². The molecule has 0 aliphatic carbocycles. The van der Waals surface area contributed by atoms with E-state index in [0.717, 1.165) is 12.0 Å². The second-order valence-corrected chi connectivity index (χ2v) is 13.2. The molecule has 1 fully saturated rings. The molecule has 12 heteroatoms. The second kappa shape index (κ2) is 19.8. The maximum absolute atomic E-state index is 13.2. The third-order valence-electron chi connectivity index (χ3n) is 8.69. The van der Waals surface area contributed by atoms with Crippen molar-refractivity contribution < 1.29 is 57.8 Å². The summed E-state index contributed by atoms with van der Waals surface area (Å²) in [6.45, 7) is 13.5. The van der Waals surface area contributed by atoms with Gasteiger partial charge >= 0.3 is 23.9 Å². The van der Waals surface area contributed by atoms with Gasteiger partial charge in [0.25, 0.3) is 0 Å². The molecule has 2 aliphatic heterocycles. The number of hydrogen-bond acceptors (Lipinski definition) is 12. The number of carbonyl (C=O) groups excluding carboxylic acids is 4. The Morgan fingerprint density at radius 1 is 1.10 bits per heavy atom. The Labute approximate surface area is 284 Å². The lowest BCUT2D eigenvalue weighted by molar-refractivity contribution is -0.168. The molecule has 0 spiro atoms. The Morgan fingerprint density at radius 2 is 1.81 bits per heavy atom. The SMILES string of the molecule is CCOCC(=O)OCC(=O)OC1CCC(C)(O)C(OC(C)=O)/C=C/C(C)C(/C(C)=C/C=C/C(C)CC2OC2C(C)C(O)CC)OC(=O)C1. The van der Waals surface area contributed by atoms with Gasteiger partial charge in [-0.1, -0.05) is 52.0 Å². The van der Waals surface area contributed by atoms with Gasteiger partial charge in [0, 0.05) is 25.4 Å². The van der Waals surface area contributed by atoms with E-state index in [0.29, 0.717) is 13.0 Å². The highest BCUT2D eigenvalue weighted by Gasteiger charge is 2.45. The first-order valence-corrected chi connectivity index (χ1v) is 17.0. The predicted molar refractivity (Wildman–Crippen MR) is 176 cm³/mol. The van der Waals surface area contributed by atoms with Crippen molar-refractivity contribution in [2.45, 2.75) is 130 Å². The van der Waals surface area contributed by atoms with Crippen LogP contribution in [0.2, 0.25) is 0 Å². The maximum Gasteiger partial charge on any atom is 0.344 e. The average Bonchev–Trinajstić information content (AvgIpc) is 3.79. The Balaban J connectivity index is 2.21. The van der Waals surface area contributed by atoms with Crippen molar-refractivity contribution in [3.8, 4) is 0 Å². The minimum atomic E-state index is -1.56. The van der Waals surface area contributed by atoms with E-state index in [1.165, 1.54) is 13.8 Å². The highest BCUT2D eigenvalue weighted by molar-refractivity contribution is 5.77. The van der Waals surface area contributed by atoms with Crippen LogP contribution in [0, 0.1) is 17.8 Å². The van der Waals surface area contributed by atoms with Crippen molar-refractivity contribution in [3.63, 3.8) is 0 Å². The quantitative estimate of drug-likeness (QED) is 0.0835. The molecule has 0 bridgehead atoms. The van der Waals surface area contributed by atoms with Crippen molar-refractivity contribution in [3.05, 3.63) is 36.0 Å². The van der Waals surface area contributed by atoms with Crippen LogP contribution in [0.5, 0.6) is 0 Å². The second-order valence-electron chi connectivity index (χ2n) is 13.2. The number of rotatable bonds is 15. The van der Waals surface area contributed by atoms with Crippen molar-refractivity contribution >= 4 is 23.9 Å². The number of hydrogen-bond donors (Lipinski definition) is 2. The van der Waals surface area contributed by atoms with Crippen LogP contribution in [0.3, 0.4) is 0 Å². The van der Waals surface area contributed by atoms with Gasteiger partial charge in [-0.25, -0.2) is 9.59 Å². The summed E-state index contributed by atoms with van der Waals surface area (Å²) in [5.41, 5.74) is -0.818. The first kappa shape index (κ1) is 41.1. The highest BCUT2D eigenvalue weighted by Crippen LogP contribution is 2.36. The lowest BCUT2D eigenvalue weighted by Gasteiger charge is -2.33. The Kier molecular flexibility index (Phi) is 17.0. The number of allylic oxidation sites excluding steroid dienone is 3. The molecule has 2 aliphatic rings. The molecule has 48 heavy (non-hydrogen) atoms. The van der Waals surface area contributed by atoms with E-state index in [-0.39, 0.29) is 61.9 Å². The van der Waals surface area contributed by atoms with Gasteiger partial charge < -0.3 is 38.6 Å².